The van der Waals surface area contributed by atoms with Crippen molar-refractivity contribution in [2.45, 2.75) is 18.9 Å². The van der Waals surface area contributed by atoms with E-state index in [0.29, 0.717) is 6.54 Å². The molecule has 1 aliphatic heterocycles. The molecule has 0 saturated carbocycles. The van der Waals surface area contributed by atoms with Gasteiger partial charge in [0.1, 0.15) is 0 Å². The van der Waals surface area contributed by atoms with Crippen molar-refractivity contribution in [3.05, 3.63) is 0 Å². The lowest BCUT2D eigenvalue weighted by atomic mass is 10.1. The number of piperidine rings is 1. The predicted octanol–water partition coefficient (Wildman–Crippen LogP) is -1.26. The zero-order chi connectivity index (χ0) is 10.6. The molecule has 0 aromatic rings. The second-order valence-electron chi connectivity index (χ2n) is 3.31. The molecule has 0 radical (unpaired) electrons. The number of carboxylic acids is 1. The highest BCUT2D eigenvalue weighted by Gasteiger charge is 2.21. The molecule has 14 heavy (non-hydrogen) atoms. The first-order valence-electron chi connectivity index (χ1n) is 4.42. The quantitative estimate of drug-likeness (QED) is 0.552. The van der Waals surface area contributed by atoms with Crippen molar-refractivity contribution in [3.8, 4) is 0 Å². The minimum absolute atomic E-state index is 0.173. The molecular formula is C7H14N2O4S. The lowest BCUT2D eigenvalue weighted by Crippen LogP contribution is -2.46. The number of nitrogens with one attached hydrogen (secondary N) is 2. The summed E-state index contributed by atoms with van der Waals surface area (Å²) >= 11 is 0. The zero-order valence-corrected chi connectivity index (χ0v) is 8.51. The minimum atomic E-state index is -3.67. The van der Waals surface area contributed by atoms with Gasteiger partial charge in [0.25, 0.3) is 0 Å². The van der Waals surface area contributed by atoms with Crippen LogP contribution < -0.4 is 10.0 Å². The van der Waals surface area contributed by atoms with Gasteiger partial charge in [-0.1, -0.05) is 0 Å². The van der Waals surface area contributed by atoms with Crippen molar-refractivity contribution >= 4 is 16.0 Å². The molecule has 6 nitrogen and oxygen atoms in total. The number of rotatable bonds is 4. The van der Waals surface area contributed by atoms with E-state index in [1.165, 1.54) is 0 Å². The fraction of sp³-hybridized carbons (Fsp3) is 0.857. The summed E-state index contributed by atoms with van der Waals surface area (Å²) in [4.78, 5) is 10.2. The van der Waals surface area contributed by atoms with E-state index in [9.17, 15) is 13.2 Å². The van der Waals surface area contributed by atoms with Gasteiger partial charge in [-0.05, 0) is 19.4 Å². The lowest BCUT2D eigenvalue weighted by Gasteiger charge is -2.23. The Kier molecular flexibility index (Phi) is 3.85. The molecule has 82 valence electrons. The van der Waals surface area contributed by atoms with E-state index >= 15 is 0 Å². The maximum absolute atomic E-state index is 11.2. The van der Waals surface area contributed by atoms with Crippen molar-refractivity contribution in [2.24, 2.45) is 0 Å². The van der Waals surface area contributed by atoms with E-state index in [0.717, 1.165) is 19.4 Å². The molecule has 1 atom stereocenters. The van der Waals surface area contributed by atoms with Gasteiger partial charge in [0.2, 0.25) is 10.0 Å². The Morgan fingerprint density at radius 2 is 2.29 bits per heavy atom. The van der Waals surface area contributed by atoms with Crippen LogP contribution in [0, 0.1) is 0 Å². The second-order valence-corrected chi connectivity index (χ2v) is 5.07. The Hall–Kier alpha value is -0.660. The molecule has 0 amide bonds. The number of hydrogen-bond acceptors (Lipinski definition) is 4. The van der Waals surface area contributed by atoms with E-state index in [1.54, 1.807) is 0 Å². The molecule has 0 aliphatic carbocycles. The van der Waals surface area contributed by atoms with Gasteiger partial charge in [-0.25, -0.2) is 13.1 Å². The number of carbonyl (C=O) groups is 1. The van der Waals surface area contributed by atoms with Crippen LogP contribution in [0.15, 0.2) is 0 Å². The van der Waals surface area contributed by atoms with Gasteiger partial charge in [0.05, 0.1) is 0 Å². The van der Waals surface area contributed by atoms with Gasteiger partial charge < -0.3 is 10.4 Å². The van der Waals surface area contributed by atoms with Crippen LogP contribution in [-0.4, -0.2) is 44.4 Å². The first kappa shape index (κ1) is 11.4. The molecule has 1 saturated heterocycles. The second kappa shape index (κ2) is 4.72. The molecule has 1 aliphatic rings. The summed E-state index contributed by atoms with van der Waals surface area (Å²) in [7, 11) is -3.67. The monoisotopic (exact) mass is 222 g/mol. The number of carboxylic acid groups (broad SMARTS) is 1. The first-order chi connectivity index (χ1) is 6.49. The standard InChI is InChI=1S/C7H14N2O4S/c10-7(11)5-14(12,13)9-6-2-1-3-8-4-6/h6,8-9H,1-5H2,(H,10,11)/t6-/m1/s1. The van der Waals surface area contributed by atoms with Gasteiger partial charge >= 0.3 is 5.97 Å². The van der Waals surface area contributed by atoms with Crippen molar-refractivity contribution in [1.29, 1.82) is 0 Å². The summed E-state index contributed by atoms with van der Waals surface area (Å²) < 4.78 is 24.7. The van der Waals surface area contributed by atoms with Crippen molar-refractivity contribution in [3.63, 3.8) is 0 Å². The Bertz CT molecular complexity index is 295. The number of sulfonamides is 1. The maximum Gasteiger partial charge on any atom is 0.320 e. The van der Waals surface area contributed by atoms with Gasteiger partial charge in [-0.15, -0.1) is 0 Å². The molecule has 0 aromatic carbocycles. The summed E-state index contributed by atoms with van der Waals surface area (Å²) in [5, 5.41) is 11.4. The fourth-order valence-electron chi connectivity index (χ4n) is 1.41. The van der Waals surface area contributed by atoms with Crippen LogP contribution in [0.4, 0.5) is 0 Å². The predicted molar refractivity (Wildman–Crippen MR) is 50.5 cm³/mol. The zero-order valence-electron chi connectivity index (χ0n) is 7.69. The topological polar surface area (TPSA) is 95.5 Å². The van der Waals surface area contributed by atoms with Gasteiger partial charge in [0, 0.05) is 12.6 Å². The van der Waals surface area contributed by atoms with Crippen molar-refractivity contribution in [2.75, 3.05) is 18.8 Å². The Morgan fingerprint density at radius 1 is 1.57 bits per heavy atom. The highest BCUT2D eigenvalue weighted by molar-refractivity contribution is 7.90. The molecule has 0 bridgehead atoms. The van der Waals surface area contributed by atoms with E-state index in [-0.39, 0.29) is 6.04 Å². The Balaban J connectivity index is 2.45. The van der Waals surface area contributed by atoms with Gasteiger partial charge in [-0.2, -0.15) is 0 Å². The van der Waals surface area contributed by atoms with Crippen LogP contribution in [-0.2, 0) is 14.8 Å². The minimum Gasteiger partial charge on any atom is -0.480 e. The van der Waals surface area contributed by atoms with Crippen LogP contribution in [0.3, 0.4) is 0 Å². The van der Waals surface area contributed by atoms with Crippen LogP contribution in [0.25, 0.3) is 0 Å². The molecule has 3 N–H and O–H groups in total. The van der Waals surface area contributed by atoms with Gasteiger partial charge in [-0.3, -0.25) is 4.79 Å². The van der Waals surface area contributed by atoms with E-state index in [4.69, 9.17) is 5.11 Å². The maximum atomic E-state index is 11.2. The van der Waals surface area contributed by atoms with Crippen LogP contribution in [0.2, 0.25) is 0 Å². The molecule has 0 spiro atoms. The van der Waals surface area contributed by atoms with Gasteiger partial charge in [0.15, 0.2) is 5.75 Å². The van der Waals surface area contributed by atoms with E-state index in [2.05, 4.69) is 10.0 Å². The number of hydrogen-bond donors (Lipinski definition) is 3. The van der Waals surface area contributed by atoms with E-state index < -0.39 is 21.7 Å². The summed E-state index contributed by atoms with van der Waals surface area (Å²) in [6.07, 6.45) is 1.66. The normalized spacial score (nSPS) is 23.3. The first-order valence-corrected chi connectivity index (χ1v) is 6.07. The fourth-order valence-corrected chi connectivity index (χ4v) is 2.53. The molecule has 0 aromatic heterocycles. The summed E-state index contributed by atoms with van der Waals surface area (Å²) in [5.74, 6) is -2.19. The van der Waals surface area contributed by atoms with E-state index in [1.807, 2.05) is 0 Å². The average Bonchev–Trinajstić information content (AvgIpc) is 2.02. The Morgan fingerprint density at radius 3 is 2.79 bits per heavy atom. The largest absolute Gasteiger partial charge is 0.480 e. The molecule has 1 heterocycles. The highest BCUT2D eigenvalue weighted by atomic mass is 32.2. The van der Waals surface area contributed by atoms with Crippen LogP contribution in [0.5, 0.6) is 0 Å². The third kappa shape index (κ3) is 4.03. The Labute approximate surface area is 82.7 Å². The SMILES string of the molecule is O=C(O)CS(=O)(=O)N[C@@H]1CCCNC1. The molecular weight excluding hydrogens is 208 g/mol. The third-order valence-electron chi connectivity index (χ3n) is 1.96. The lowest BCUT2D eigenvalue weighted by molar-refractivity contribution is -0.134. The summed E-state index contributed by atoms with van der Waals surface area (Å²) in [5.41, 5.74) is 0. The molecule has 1 fully saturated rings. The molecule has 0 unspecified atom stereocenters. The summed E-state index contributed by atoms with van der Waals surface area (Å²) in [6, 6.07) is -0.173. The third-order valence-corrected chi connectivity index (χ3v) is 3.28. The smallest absolute Gasteiger partial charge is 0.320 e. The van der Waals surface area contributed by atoms with Crippen molar-refractivity contribution in [1.82, 2.24) is 10.0 Å². The van der Waals surface area contributed by atoms with Crippen LogP contribution >= 0.6 is 0 Å². The molecule has 7 heteroatoms. The molecule has 1 rings (SSSR count). The van der Waals surface area contributed by atoms with Crippen molar-refractivity contribution < 1.29 is 18.3 Å². The number of aliphatic carboxylic acids is 1. The van der Waals surface area contributed by atoms with Crippen LogP contribution in [0.1, 0.15) is 12.8 Å². The average molecular weight is 222 g/mol. The summed E-state index contributed by atoms with van der Waals surface area (Å²) in [6.45, 7) is 1.45. The highest BCUT2D eigenvalue weighted by Crippen LogP contribution is 2.02.